The third kappa shape index (κ3) is 4.55. The van der Waals surface area contributed by atoms with Crippen molar-refractivity contribution >= 4 is 29.1 Å². The number of fused-ring (bicyclic) bond motifs is 1. The van der Waals surface area contributed by atoms with Crippen LogP contribution in [0.2, 0.25) is 0 Å². The summed E-state index contributed by atoms with van der Waals surface area (Å²) in [6, 6.07) is 10.7. The zero-order chi connectivity index (χ0) is 26.8. The van der Waals surface area contributed by atoms with Crippen molar-refractivity contribution in [1.29, 1.82) is 5.26 Å². The van der Waals surface area contributed by atoms with Gasteiger partial charge in [-0.25, -0.2) is 19.3 Å². The standard InChI is InChI=1S/C27H23FN8O2/c1-2-23(37)35-11-3-4-18(15-35)24-21-8-10-32-27(30)36(21)25(34-24)19-6-5-17(13-20(19)28)26(38)33-22-12-16(14-29)7-9-31-22/h2,5-10,12-13,18H,1,3-4,11,15H2,(H2,30,32)(H,31,33,38). The second-order valence-corrected chi connectivity index (χ2v) is 8.86. The Labute approximate surface area is 217 Å². The van der Waals surface area contributed by atoms with E-state index in [1.807, 2.05) is 6.07 Å². The number of nitrogens with two attached hydrogens (primary N) is 1. The molecule has 3 aromatic heterocycles. The molecule has 10 nitrogen and oxygen atoms in total. The second kappa shape index (κ2) is 10.1. The average Bonchev–Trinajstić information content (AvgIpc) is 3.33. The molecule has 1 aliphatic rings. The quantitative estimate of drug-likeness (QED) is 0.391. The number of hydrogen-bond donors (Lipinski definition) is 2. The Kier molecular flexibility index (Phi) is 6.53. The van der Waals surface area contributed by atoms with Gasteiger partial charge >= 0.3 is 0 Å². The first-order chi connectivity index (χ1) is 18.4. The summed E-state index contributed by atoms with van der Waals surface area (Å²) in [4.78, 5) is 39.6. The molecule has 4 aromatic rings. The normalized spacial score (nSPS) is 15.2. The van der Waals surface area contributed by atoms with Crippen LogP contribution in [-0.4, -0.2) is 49.2 Å². The Morgan fingerprint density at radius 2 is 2.03 bits per heavy atom. The first-order valence-electron chi connectivity index (χ1n) is 11.9. The molecule has 0 radical (unpaired) electrons. The van der Waals surface area contributed by atoms with E-state index in [2.05, 4.69) is 21.9 Å². The molecule has 0 bridgehead atoms. The van der Waals surface area contributed by atoms with Crippen LogP contribution < -0.4 is 11.1 Å². The predicted octanol–water partition coefficient (Wildman–Crippen LogP) is 3.53. The van der Waals surface area contributed by atoms with E-state index in [0.717, 1.165) is 18.9 Å². The molecule has 0 saturated carbocycles. The Balaban J connectivity index is 1.50. The monoisotopic (exact) mass is 510 g/mol. The summed E-state index contributed by atoms with van der Waals surface area (Å²) < 4.78 is 17.0. The van der Waals surface area contributed by atoms with Crippen LogP contribution in [0.5, 0.6) is 0 Å². The number of anilines is 2. The molecule has 3 N–H and O–H groups in total. The van der Waals surface area contributed by atoms with Crippen LogP contribution in [0.15, 0.2) is 61.4 Å². The number of piperidine rings is 1. The van der Waals surface area contributed by atoms with E-state index in [9.17, 15) is 9.59 Å². The number of nitrogens with zero attached hydrogens (tertiary/aromatic N) is 6. The number of nitriles is 1. The Bertz CT molecular complexity index is 1620. The predicted molar refractivity (Wildman–Crippen MR) is 138 cm³/mol. The van der Waals surface area contributed by atoms with Gasteiger partial charge in [0.25, 0.3) is 5.91 Å². The summed E-state index contributed by atoms with van der Waals surface area (Å²) in [5.74, 6) is -0.918. The number of imidazole rings is 1. The number of carbonyl (C=O) groups is 2. The molecular formula is C27H23FN8O2. The van der Waals surface area contributed by atoms with Gasteiger partial charge in [0.2, 0.25) is 11.9 Å². The molecule has 0 aliphatic carbocycles. The van der Waals surface area contributed by atoms with Gasteiger partial charge in [-0.3, -0.25) is 14.0 Å². The largest absolute Gasteiger partial charge is 0.369 e. The molecule has 1 aliphatic heterocycles. The first kappa shape index (κ1) is 24.6. The maximum atomic E-state index is 15.5. The van der Waals surface area contributed by atoms with Crippen LogP contribution in [0.25, 0.3) is 16.9 Å². The highest BCUT2D eigenvalue weighted by Gasteiger charge is 2.29. The van der Waals surface area contributed by atoms with Crippen LogP contribution in [0.1, 0.15) is 40.4 Å². The molecular weight excluding hydrogens is 487 g/mol. The van der Waals surface area contributed by atoms with E-state index in [1.54, 1.807) is 21.6 Å². The van der Waals surface area contributed by atoms with Crippen LogP contribution >= 0.6 is 0 Å². The van der Waals surface area contributed by atoms with E-state index < -0.39 is 11.7 Å². The zero-order valence-electron chi connectivity index (χ0n) is 20.3. The molecule has 1 fully saturated rings. The molecule has 2 amide bonds. The summed E-state index contributed by atoms with van der Waals surface area (Å²) in [5.41, 5.74) is 8.10. The minimum atomic E-state index is -0.676. The summed E-state index contributed by atoms with van der Waals surface area (Å²) in [6.45, 7) is 4.67. The van der Waals surface area contributed by atoms with Crippen LogP contribution in [-0.2, 0) is 4.79 Å². The topological polar surface area (TPSA) is 142 Å². The highest BCUT2D eigenvalue weighted by Crippen LogP contribution is 2.34. The minimum absolute atomic E-state index is 0.0634. The van der Waals surface area contributed by atoms with Gasteiger partial charge in [-0.15, -0.1) is 0 Å². The fourth-order valence-corrected chi connectivity index (χ4v) is 4.69. The van der Waals surface area contributed by atoms with Gasteiger partial charge in [0.1, 0.15) is 11.6 Å². The molecule has 38 heavy (non-hydrogen) atoms. The maximum Gasteiger partial charge on any atom is 0.256 e. The lowest BCUT2D eigenvalue weighted by Gasteiger charge is -2.31. The Morgan fingerprint density at radius 3 is 2.79 bits per heavy atom. The smallest absolute Gasteiger partial charge is 0.256 e. The molecule has 1 aromatic carbocycles. The minimum Gasteiger partial charge on any atom is -0.369 e. The third-order valence-corrected chi connectivity index (χ3v) is 6.51. The molecule has 5 rings (SSSR count). The van der Waals surface area contributed by atoms with Crippen molar-refractivity contribution in [3.63, 3.8) is 0 Å². The molecule has 4 heterocycles. The van der Waals surface area contributed by atoms with E-state index >= 15 is 4.39 Å². The van der Waals surface area contributed by atoms with Gasteiger partial charge in [-0.1, -0.05) is 6.58 Å². The number of aromatic nitrogens is 4. The lowest BCUT2D eigenvalue weighted by molar-refractivity contribution is -0.127. The van der Waals surface area contributed by atoms with Gasteiger partial charge in [-0.2, -0.15) is 5.26 Å². The number of benzene rings is 1. The average molecular weight is 511 g/mol. The number of nitrogens with one attached hydrogen (secondary N) is 1. The summed E-state index contributed by atoms with van der Waals surface area (Å²) in [6.07, 6.45) is 5.86. The molecule has 0 spiro atoms. The number of nitrogen functional groups attached to an aromatic ring is 1. The fraction of sp³-hybridized carbons (Fsp3) is 0.185. The van der Waals surface area contributed by atoms with Crippen molar-refractivity contribution in [2.45, 2.75) is 18.8 Å². The molecule has 1 saturated heterocycles. The zero-order valence-corrected chi connectivity index (χ0v) is 20.3. The molecule has 1 unspecified atom stereocenters. The summed E-state index contributed by atoms with van der Waals surface area (Å²) >= 11 is 0. The number of hydrogen-bond acceptors (Lipinski definition) is 7. The lowest BCUT2D eigenvalue weighted by atomic mass is 9.94. The number of rotatable bonds is 5. The van der Waals surface area contributed by atoms with Gasteiger partial charge in [-0.05, 0) is 55.3 Å². The summed E-state index contributed by atoms with van der Waals surface area (Å²) in [5, 5.41) is 11.6. The maximum absolute atomic E-state index is 15.5. The fourth-order valence-electron chi connectivity index (χ4n) is 4.69. The van der Waals surface area contributed by atoms with Crippen LogP contribution in [0, 0.1) is 17.1 Å². The highest BCUT2D eigenvalue weighted by atomic mass is 19.1. The number of halogens is 1. The number of likely N-dealkylation sites (tertiary alicyclic amines) is 1. The van der Waals surface area contributed by atoms with E-state index in [1.165, 1.54) is 36.5 Å². The summed E-state index contributed by atoms with van der Waals surface area (Å²) in [7, 11) is 0. The SMILES string of the molecule is C=CC(=O)N1CCCC(c2nc(-c3ccc(C(=O)Nc4cc(C#N)ccn4)cc3F)n3c(N)nccc23)C1. The van der Waals surface area contributed by atoms with Crippen molar-refractivity contribution in [1.82, 2.24) is 24.3 Å². The van der Waals surface area contributed by atoms with Crippen molar-refractivity contribution in [2.75, 3.05) is 24.1 Å². The number of pyridine rings is 1. The van der Waals surface area contributed by atoms with Gasteiger partial charge in [0.05, 0.1) is 28.4 Å². The van der Waals surface area contributed by atoms with E-state index in [4.69, 9.17) is 16.0 Å². The molecule has 190 valence electrons. The van der Waals surface area contributed by atoms with Crippen LogP contribution in [0.3, 0.4) is 0 Å². The van der Waals surface area contributed by atoms with Crippen molar-refractivity contribution in [3.05, 3.63) is 84.1 Å². The van der Waals surface area contributed by atoms with E-state index in [-0.39, 0.29) is 40.5 Å². The Morgan fingerprint density at radius 1 is 1.21 bits per heavy atom. The highest BCUT2D eigenvalue weighted by molar-refractivity contribution is 6.04. The molecule has 11 heteroatoms. The van der Waals surface area contributed by atoms with Crippen molar-refractivity contribution < 1.29 is 14.0 Å². The Hall–Kier alpha value is -5.11. The van der Waals surface area contributed by atoms with Crippen molar-refractivity contribution in [3.8, 4) is 17.5 Å². The van der Waals surface area contributed by atoms with Gasteiger partial charge in [0.15, 0.2) is 5.82 Å². The number of amides is 2. The van der Waals surface area contributed by atoms with Gasteiger partial charge in [0, 0.05) is 37.0 Å². The van der Waals surface area contributed by atoms with Gasteiger partial charge < -0.3 is 16.0 Å². The number of carbonyl (C=O) groups excluding carboxylic acids is 2. The van der Waals surface area contributed by atoms with E-state index in [0.29, 0.717) is 29.9 Å². The third-order valence-electron chi connectivity index (χ3n) is 6.51. The van der Waals surface area contributed by atoms with Crippen LogP contribution in [0.4, 0.5) is 16.2 Å². The lowest BCUT2D eigenvalue weighted by Crippen LogP contribution is -2.38. The second-order valence-electron chi connectivity index (χ2n) is 8.86. The first-order valence-corrected chi connectivity index (χ1v) is 11.9. The van der Waals surface area contributed by atoms with Crippen molar-refractivity contribution in [2.24, 2.45) is 0 Å². The molecule has 1 atom stereocenters.